The Morgan fingerprint density at radius 1 is 1.27 bits per heavy atom. The predicted octanol–water partition coefficient (Wildman–Crippen LogP) is 4.27. The summed E-state index contributed by atoms with van der Waals surface area (Å²) in [4.78, 5) is 33.1. The molecule has 9 nitrogen and oxygen atoms in total. The monoisotopic (exact) mass is 475 g/mol. The van der Waals surface area contributed by atoms with Crippen molar-refractivity contribution in [3.8, 4) is 5.75 Å². The molecule has 0 radical (unpaired) electrons. The van der Waals surface area contributed by atoms with E-state index in [2.05, 4.69) is 20.6 Å². The van der Waals surface area contributed by atoms with Crippen molar-refractivity contribution in [3.63, 3.8) is 0 Å². The van der Waals surface area contributed by atoms with Gasteiger partial charge in [0, 0.05) is 6.07 Å². The second-order valence-corrected chi connectivity index (χ2v) is 9.40. The van der Waals surface area contributed by atoms with Crippen molar-refractivity contribution >= 4 is 45.1 Å². The minimum absolute atomic E-state index is 0.147. The second kappa shape index (κ2) is 9.57. The van der Waals surface area contributed by atoms with Crippen LogP contribution in [-0.2, 0) is 4.74 Å². The van der Waals surface area contributed by atoms with Crippen LogP contribution in [0, 0.1) is 12.7 Å². The Morgan fingerprint density at radius 3 is 2.67 bits per heavy atom. The first-order chi connectivity index (χ1) is 15.4. The highest BCUT2D eigenvalue weighted by molar-refractivity contribution is 7.20. The largest absolute Gasteiger partial charge is 0.487 e. The number of hydrogen-bond donors (Lipinski definition) is 3. The molecule has 3 rings (SSSR count). The molecule has 1 atom stereocenters. The van der Waals surface area contributed by atoms with E-state index in [1.807, 2.05) is 0 Å². The SMILES string of the molecule is Cc1c(C(N)=O)sc2ncnc(Nc3ccc(F)cc3O[C@@H](C)CNC(=O)OC(C)(C)C)c12. The van der Waals surface area contributed by atoms with Crippen LogP contribution in [0.25, 0.3) is 10.2 Å². The molecular weight excluding hydrogens is 449 g/mol. The molecule has 1 aromatic carbocycles. The fourth-order valence-corrected chi connectivity index (χ4v) is 4.03. The van der Waals surface area contributed by atoms with Crippen LogP contribution in [0.5, 0.6) is 5.75 Å². The van der Waals surface area contributed by atoms with Crippen molar-refractivity contribution in [1.82, 2.24) is 15.3 Å². The third-order valence-corrected chi connectivity index (χ3v) is 5.62. The van der Waals surface area contributed by atoms with E-state index >= 15 is 0 Å². The van der Waals surface area contributed by atoms with Crippen molar-refractivity contribution < 1.29 is 23.5 Å². The van der Waals surface area contributed by atoms with Gasteiger partial charge in [0.05, 0.1) is 22.5 Å². The first-order valence-electron chi connectivity index (χ1n) is 10.2. The van der Waals surface area contributed by atoms with Gasteiger partial charge in [0.15, 0.2) is 0 Å². The van der Waals surface area contributed by atoms with Crippen LogP contribution in [0.3, 0.4) is 0 Å². The Morgan fingerprint density at radius 2 is 2.00 bits per heavy atom. The molecule has 0 fully saturated rings. The standard InChI is InChI=1S/C22H26FN5O4S/c1-11(9-25-21(30)32-22(3,4)5)31-15-8-13(23)6-7-14(15)28-19-16-12(2)17(18(24)29)33-20(16)27-10-26-19/h6-8,10-11H,9H2,1-5H3,(H2,24,29)(H,25,30)(H,26,27,28)/t11-/m0/s1. The highest BCUT2D eigenvalue weighted by Gasteiger charge is 2.20. The van der Waals surface area contributed by atoms with E-state index in [-0.39, 0.29) is 12.3 Å². The molecule has 0 unspecified atom stereocenters. The normalized spacial score (nSPS) is 12.3. The zero-order chi connectivity index (χ0) is 24.3. The number of nitrogens with two attached hydrogens (primary N) is 1. The van der Waals surface area contributed by atoms with Crippen molar-refractivity contribution in [1.29, 1.82) is 0 Å². The Hall–Kier alpha value is -3.47. The predicted molar refractivity (Wildman–Crippen MR) is 125 cm³/mol. The lowest BCUT2D eigenvalue weighted by Crippen LogP contribution is -2.37. The fraction of sp³-hybridized carbons (Fsp3) is 0.364. The molecule has 33 heavy (non-hydrogen) atoms. The van der Waals surface area contributed by atoms with E-state index in [0.29, 0.717) is 32.2 Å². The first-order valence-corrected chi connectivity index (χ1v) is 11.0. The van der Waals surface area contributed by atoms with Crippen LogP contribution in [-0.4, -0.2) is 40.2 Å². The number of amides is 2. The molecule has 0 spiro atoms. The quantitative estimate of drug-likeness (QED) is 0.465. The van der Waals surface area contributed by atoms with Crippen LogP contribution < -0.4 is 21.1 Å². The van der Waals surface area contributed by atoms with Crippen LogP contribution >= 0.6 is 11.3 Å². The Labute approximate surface area is 194 Å². The Kier molecular flexibility index (Phi) is 7.01. The summed E-state index contributed by atoms with van der Waals surface area (Å²) < 4.78 is 25.1. The topological polar surface area (TPSA) is 128 Å². The number of primary amides is 1. The number of thiophene rings is 1. The number of carbonyl (C=O) groups excluding carboxylic acids is 2. The van der Waals surface area contributed by atoms with Gasteiger partial charge in [-0.3, -0.25) is 4.79 Å². The Balaban J connectivity index is 1.81. The van der Waals surface area contributed by atoms with Gasteiger partial charge in [-0.05, 0) is 52.3 Å². The highest BCUT2D eigenvalue weighted by Crippen LogP contribution is 2.36. The first kappa shape index (κ1) is 24.2. The minimum atomic E-state index is -0.620. The van der Waals surface area contributed by atoms with Gasteiger partial charge in [-0.1, -0.05) is 0 Å². The molecular formula is C22H26FN5O4S. The van der Waals surface area contributed by atoms with Gasteiger partial charge < -0.3 is 25.8 Å². The minimum Gasteiger partial charge on any atom is -0.487 e. The number of ether oxygens (including phenoxy) is 2. The number of carbonyl (C=O) groups is 2. The number of benzene rings is 1. The van der Waals surface area contributed by atoms with Gasteiger partial charge in [-0.2, -0.15) is 0 Å². The molecule has 3 aromatic rings. The molecule has 176 valence electrons. The average Bonchev–Trinajstić information content (AvgIpc) is 3.05. The second-order valence-electron chi connectivity index (χ2n) is 8.40. The summed E-state index contributed by atoms with van der Waals surface area (Å²) in [7, 11) is 0. The smallest absolute Gasteiger partial charge is 0.407 e. The molecule has 0 saturated carbocycles. The number of nitrogens with zero attached hydrogens (tertiary/aromatic N) is 2. The Bertz CT molecular complexity index is 1190. The molecule has 2 aromatic heterocycles. The summed E-state index contributed by atoms with van der Waals surface area (Å²) in [6, 6.07) is 4.04. The molecule has 2 heterocycles. The molecule has 11 heteroatoms. The summed E-state index contributed by atoms with van der Waals surface area (Å²) >= 11 is 1.18. The van der Waals surface area contributed by atoms with E-state index in [1.54, 1.807) is 34.6 Å². The number of alkyl carbamates (subject to hydrolysis) is 1. The molecule has 0 saturated heterocycles. The molecule has 2 amide bonds. The lowest BCUT2D eigenvalue weighted by molar-refractivity contribution is 0.0505. The molecule has 0 bridgehead atoms. The lowest BCUT2D eigenvalue weighted by Gasteiger charge is -2.22. The number of fused-ring (bicyclic) bond motifs is 1. The van der Waals surface area contributed by atoms with Gasteiger partial charge in [-0.15, -0.1) is 11.3 Å². The number of aryl methyl sites for hydroxylation is 1. The highest BCUT2D eigenvalue weighted by atomic mass is 32.1. The molecule has 0 aliphatic heterocycles. The summed E-state index contributed by atoms with van der Waals surface area (Å²) in [5, 5.41) is 6.41. The number of hydrogen-bond acceptors (Lipinski definition) is 8. The number of anilines is 2. The fourth-order valence-electron chi connectivity index (χ4n) is 3.03. The maximum atomic E-state index is 14.0. The zero-order valence-electron chi connectivity index (χ0n) is 19.0. The number of halogens is 1. The van der Waals surface area contributed by atoms with Crippen molar-refractivity contribution in [3.05, 3.63) is 40.8 Å². The molecule has 4 N–H and O–H groups in total. The third-order valence-electron chi connectivity index (χ3n) is 4.41. The van der Waals surface area contributed by atoms with Crippen LogP contribution in [0.4, 0.5) is 20.7 Å². The van der Waals surface area contributed by atoms with Crippen molar-refractivity contribution in [2.45, 2.75) is 46.3 Å². The summed E-state index contributed by atoms with van der Waals surface area (Å²) in [6.45, 7) is 8.94. The number of nitrogens with one attached hydrogen (secondary N) is 2. The van der Waals surface area contributed by atoms with Crippen LogP contribution in [0.15, 0.2) is 24.5 Å². The third kappa shape index (κ3) is 6.07. The average molecular weight is 476 g/mol. The van der Waals surface area contributed by atoms with E-state index in [0.717, 1.165) is 0 Å². The molecule has 0 aliphatic carbocycles. The van der Waals surface area contributed by atoms with E-state index < -0.39 is 29.5 Å². The van der Waals surface area contributed by atoms with Crippen LogP contribution in [0.1, 0.15) is 42.9 Å². The number of aromatic nitrogens is 2. The number of rotatable bonds is 7. The summed E-state index contributed by atoms with van der Waals surface area (Å²) in [6.07, 6.45) is 0.301. The molecule has 0 aliphatic rings. The van der Waals surface area contributed by atoms with Crippen LogP contribution in [0.2, 0.25) is 0 Å². The summed E-state index contributed by atoms with van der Waals surface area (Å²) in [5.74, 6) is -0.377. The van der Waals surface area contributed by atoms with Gasteiger partial charge in [0.2, 0.25) is 0 Å². The maximum Gasteiger partial charge on any atom is 0.407 e. The van der Waals surface area contributed by atoms with Gasteiger partial charge >= 0.3 is 6.09 Å². The van der Waals surface area contributed by atoms with Crippen molar-refractivity contribution in [2.75, 3.05) is 11.9 Å². The van der Waals surface area contributed by atoms with E-state index in [4.69, 9.17) is 15.2 Å². The van der Waals surface area contributed by atoms with Gasteiger partial charge in [-0.25, -0.2) is 19.2 Å². The van der Waals surface area contributed by atoms with Gasteiger partial charge in [0.25, 0.3) is 5.91 Å². The lowest BCUT2D eigenvalue weighted by atomic mass is 10.2. The summed E-state index contributed by atoms with van der Waals surface area (Å²) in [5.41, 5.74) is 5.95. The zero-order valence-corrected chi connectivity index (χ0v) is 19.8. The maximum absolute atomic E-state index is 14.0. The van der Waals surface area contributed by atoms with E-state index in [9.17, 15) is 14.0 Å². The van der Waals surface area contributed by atoms with Crippen molar-refractivity contribution in [2.24, 2.45) is 5.73 Å². The van der Waals surface area contributed by atoms with Gasteiger partial charge in [0.1, 0.15) is 40.2 Å². The van der Waals surface area contributed by atoms with E-state index in [1.165, 1.54) is 35.9 Å².